The van der Waals surface area contributed by atoms with Crippen LogP contribution in [0.5, 0.6) is 0 Å². The molecule has 0 aromatic carbocycles. The SMILES string of the molecule is O=C(O)COCCNS(=O)(=O)C1CCS(=O)(=O)CC1. The summed E-state index contributed by atoms with van der Waals surface area (Å²) in [5.74, 6) is -1.36. The molecule has 1 saturated heterocycles. The molecule has 2 N–H and O–H groups in total. The Morgan fingerprint density at radius 1 is 1.32 bits per heavy atom. The van der Waals surface area contributed by atoms with Crippen LogP contribution in [0.25, 0.3) is 0 Å². The van der Waals surface area contributed by atoms with Crippen molar-refractivity contribution in [3.8, 4) is 0 Å². The van der Waals surface area contributed by atoms with Gasteiger partial charge in [-0.1, -0.05) is 0 Å². The van der Waals surface area contributed by atoms with Crippen LogP contribution in [0.15, 0.2) is 0 Å². The van der Waals surface area contributed by atoms with Gasteiger partial charge in [0.2, 0.25) is 10.0 Å². The minimum Gasteiger partial charge on any atom is -0.480 e. The Hall–Kier alpha value is -0.710. The zero-order chi connectivity index (χ0) is 14.5. The van der Waals surface area contributed by atoms with E-state index in [0.29, 0.717) is 0 Å². The molecule has 0 aliphatic carbocycles. The third-order valence-electron chi connectivity index (χ3n) is 2.72. The van der Waals surface area contributed by atoms with Gasteiger partial charge in [0.25, 0.3) is 0 Å². The van der Waals surface area contributed by atoms with Crippen LogP contribution in [-0.2, 0) is 29.4 Å². The molecule has 0 aromatic heterocycles. The third kappa shape index (κ3) is 5.85. The van der Waals surface area contributed by atoms with Gasteiger partial charge in [0, 0.05) is 6.54 Å². The Balaban J connectivity index is 2.34. The zero-order valence-corrected chi connectivity index (χ0v) is 11.9. The van der Waals surface area contributed by atoms with E-state index in [1.165, 1.54) is 0 Å². The maximum absolute atomic E-state index is 11.8. The molecular formula is C9H17NO7S2. The van der Waals surface area contributed by atoms with Gasteiger partial charge in [-0.15, -0.1) is 0 Å². The summed E-state index contributed by atoms with van der Waals surface area (Å²) in [6.07, 6.45) is 0.182. The summed E-state index contributed by atoms with van der Waals surface area (Å²) in [7, 11) is -6.67. The molecule has 1 aliphatic heterocycles. The summed E-state index contributed by atoms with van der Waals surface area (Å²) >= 11 is 0. The molecule has 1 fully saturated rings. The molecule has 8 nitrogen and oxygen atoms in total. The Labute approximate surface area is 112 Å². The molecule has 1 heterocycles. The maximum Gasteiger partial charge on any atom is 0.329 e. The molecule has 19 heavy (non-hydrogen) atoms. The van der Waals surface area contributed by atoms with Gasteiger partial charge in [0.05, 0.1) is 23.4 Å². The molecule has 10 heteroatoms. The normalized spacial score (nSPS) is 20.2. The lowest BCUT2D eigenvalue weighted by molar-refractivity contribution is -0.142. The number of aliphatic carboxylic acids is 1. The highest BCUT2D eigenvalue weighted by Crippen LogP contribution is 2.18. The fourth-order valence-electron chi connectivity index (χ4n) is 1.71. The Bertz CT molecular complexity index is 497. The average Bonchev–Trinajstić information content (AvgIpc) is 2.27. The molecule has 0 spiro atoms. The van der Waals surface area contributed by atoms with Gasteiger partial charge in [0.1, 0.15) is 16.4 Å². The van der Waals surface area contributed by atoms with Crippen molar-refractivity contribution in [3.63, 3.8) is 0 Å². The highest BCUT2D eigenvalue weighted by Gasteiger charge is 2.32. The molecule has 0 amide bonds. The topological polar surface area (TPSA) is 127 Å². The first-order valence-electron chi connectivity index (χ1n) is 5.71. The van der Waals surface area contributed by atoms with Crippen molar-refractivity contribution in [1.82, 2.24) is 4.72 Å². The number of rotatable bonds is 7. The van der Waals surface area contributed by atoms with Crippen LogP contribution < -0.4 is 4.72 Å². The summed E-state index contributed by atoms with van der Waals surface area (Å²) in [6, 6.07) is 0. The van der Waals surface area contributed by atoms with E-state index in [4.69, 9.17) is 5.11 Å². The van der Waals surface area contributed by atoms with Gasteiger partial charge in [-0.25, -0.2) is 26.4 Å². The van der Waals surface area contributed by atoms with Crippen molar-refractivity contribution in [2.24, 2.45) is 0 Å². The number of hydrogen-bond donors (Lipinski definition) is 2. The van der Waals surface area contributed by atoms with E-state index in [0.717, 1.165) is 0 Å². The molecule has 0 radical (unpaired) electrons. The molecule has 1 aliphatic rings. The van der Waals surface area contributed by atoms with Crippen LogP contribution in [0.3, 0.4) is 0 Å². The highest BCUT2D eigenvalue weighted by atomic mass is 32.2. The zero-order valence-electron chi connectivity index (χ0n) is 10.2. The number of hydrogen-bond acceptors (Lipinski definition) is 6. The molecule has 0 saturated carbocycles. The van der Waals surface area contributed by atoms with Crippen molar-refractivity contribution in [2.45, 2.75) is 18.1 Å². The van der Waals surface area contributed by atoms with E-state index >= 15 is 0 Å². The van der Waals surface area contributed by atoms with Gasteiger partial charge in [-0.2, -0.15) is 0 Å². The quantitative estimate of drug-likeness (QED) is 0.552. The van der Waals surface area contributed by atoms with Crippen molar-refractivity contribution in [1.29, 1.82) is 0 Å². The van der Waals surface area contributed by atoms with E-state index in [2.05, 4.69) is 9.46 Å². The third-order valence-corrected chi connectivity index (χ3v) is 6.39. The van der Waals surface area contributed by atoms with Crippen LogP contribution in [0, 0.1) is 0 Å². The monoisotopic (exact) mass is 315 g/mol. The van der Waals surface area contributed by atoms with Crippen LogP contribution in [0.4, 0.5) is 0 Å². The Morgan fingerprint density at radius 2 is 1.89 bits per heavy atom. The van der Waals surface area contributed by atoms with E-state index < -0.39 is 37.7 Å². The second-order valence-electron chi connectivity index (χ2n) is 4.24. The van der Waals surface area contributed by atoms with E-state index in [1.807, 2.05) is 0 Å². The predicted molar refractivity (Wildman–Crippen MR) is 67.1 cm³/mol. The first kappa shape index (κ1) is 16.3. The lowest BCUT2D eigenvalue weighted by atomic mass is 10.2. The van der Waals surface area contributed by atoms with Gasteiger partial charge in [0.15, 0.2) is 0 Å². The lowest BCUT2D eigenvalue weighted by Crippen LogP contribution is -2.41. The maximum atomic E-state index is 11.8. The number of carbonyl (C=O) groups is 1. The molecular weight excluding hydrogens is 298 g/mol. The summed E-state index contributed by atoms with van der Waals surface area (Å²) in [5, 5.41) is 7.59. The van der Waals surface area contributed by atoms with Gasteiger partial charge in [-0.3, -0.25) is 0 Å². The van der Waals surface area contributed by atoms with Crippen molar-refractivity contribution in [2.75, 3.05) is 31.3 Å². The Morgan fingerprint density at radius 3 is 2.42 bits per heavy atom. The molecule has 0 bridgehead atoms. The summed E-state index contributed by atoms with van der Waals surface area (Å²) < 4.78 is 53.0. The van der Waals surface area contributed by atoms with Crippen LogP contribution in [-0.4, -0.2) is 64.4 Å². The number of ether oxygens (including phenoxy) is 1. The number of carboxylic acids is 1. The standard InChI is InChI=1S/C9H17NO7S2/c11-9(12)7-17-4-3-10-19(15,16)8-1-5-18(13,14)6-2-8/h8,10H,1-7H2,(H,11,12). The predicted octanol–water partition coefficient (Wildman–Crippen LogP) is -1.42. The van der Waals surface area contributed by atoms with E-state index in [1.54, 1.807) is 0 Å². The Kier molecular flexibility index (Phi) is 5.71. The first-order valence-corrected chi connectivity index (χ1v) is 9.08. The molecule has 1 rings (SSSR count). The molecule has 0 aromatic rings. The van der Waals surface area contributed by atoms with Crippen LogP contribution in [0.2, 0.25) is 0 Å². The smallest absolute Gasteiger partial charge is 0.329 e. The lowest BCUT2D eigenvalue weighted by Gasteiger charge is -2.22. The van der Waals surface area contributed by atoms with E-state index in [-0.39, 0.29) is 37.5 Å². The van der Waals surface area contributed by atoms with Crippen molar-refractivity contribution < 1.29 is 31.5 Å². The van der Waals surface area contributed by atoms with Crippen molar-refractivity contribution in [3.05, 3.63) is 0 Å². The van der Waals surface area contributed by atoms with Crippen LogP contribution in [0.1, 0.15) is 12.8 Å². The summed E-state index contributed by atoms with van der Waals surface area (Å²) in [5.41, 5.74) is 0. The summed E-state index contributed by atoms with van der Waals surface area (Å²) in [6.45, 7) is -0.557. The number of sulfonamides is 1. The van der Waals surface area contributed by atoms with Gasteiger partial charge < -0.3 is 9.84 Å². The van der Waals surface area contributed by atoms with Gasteiger partial charge in [-0.05, 0) is 12.8 Å². The number of carboxylic acid groups (broad SMARTS) is 1. The molecule has 0 unspecified atom stereocenters. The largest absolute Gasteiger partial charge is 0.480 e. The fraction of sp³-hybridized carbons (Fsp3) is 0.889. The number of sulfone groups is 1. The minimum absolute atomic E-state index is 0.0289. The second-order valence-corrected chi connectivity index (χ2v) is 8.59. The number of nitrogens with one attached hydrogen (secondary N) is 1. The van der Waals surface area contributed by atoms with E-state index in [9.17, 15) is 21.6 Å². The molecule has 112 valence electrons. The average molecular weight is 315 g/mol. The highest BCUT2D eigenvalue weighted by molar-refractivity contribution is 7.92. The fourth-order valence-corrected chi connectivity index (χ4v) is 4.96. The minimum atomic E-state index is -3.58. The van der Waals surface area contributed by atoms with Crippen molar-refractivity contribution >= 4 is 25.8 Å². The second kappa shape index (κ2) is 6.64. The first-order chi connectivity index (χ1) is 8.73. The summed E-state index contributed by atoms with van der Waals surface area (Å²) in [4.78, 5) is 10.1. The van der Waals surface area contributed by atoms with Crippen LogP contribution >= 0.6 is 0 Å². The molecule has 0 atom stereocenters. The van der Waals surface area contributed by atoms with Gasteiger partial charge >= 0.3 is 5.97 Å².